The summed E-state index contributed by atoms with van der Waals surface area (Å²) in [6.07, 6.45) is 5.62. The first kappa shape index (κ1) is 8.61. The molecule has 0 radical (unpaired) electrons. The van der Waals surface area contributed by atoms with Gasteiger partial charge >= 0.3 is 0 Å². The molecule has 0 N–H and O–H groups in total. The smallest absolute Gasteiger partial charge is 0.253 e. The fourth-order valence-electron chi connectivity index (χ4n) is 1.20. The van der Waals surface area contributed by atoms with Gasteiger partial charge in [0.2, 0.25) is 0 Å². The van der Waals surface area contributed by atoms with Crippen molar-refractivity contribution in [3.8, 4) is 0 Å². The highest BCUT2D eigenvalue weighted by Gasteiger charge is 2.22. The molecule has 2 heterocycles. The minimum Gasteiger partial charge on any atom is -0.318 e. The zero-order valence-corrected chi connectivity index (χ0v) is 7.33. The molecule has 0 saturated heterocycles. The highest BCUT2D eigenvalue weighted by Crippen LogP contribution is 2.03. The molecule has 1 aromatic rings. The van der Waals surface area contributed by atoms with Crippen LogP contribution in [0.25, 0.3) is 0 Å². The summed E-state index contributed by atoms with van der Waals surface area (Å²) < 4.78 is 1.71. The number of carbonyl (C=O) groups excluding carboxylic acids is 2. The average molecular weight is 192 g/mol. The number of hydrogen-bond donors (Lipinski definition) is 0. The van der Waals surface area contributed by atoms with Gasteiger partial charge in [-0.05, 0) is 0 Å². The molecule has 0 bridgehead atoms. The molecule has 1 aliphatic rings. The summed E-state index contributed by atoms with van der Waals surface area (Å²) in [5.74, 6) is -0.522. The van der Waals surface area contributed by atoms with E-state index < -0.39 is 0 Å². The summed E-state index contributed by atoms with van der Waals surface area (Å²) >= 11 is 0. The maximum absolute atomic E-state index is 11.1. The first-order valence-electron chi connectivity index (χ1n) is 4.13. The maximum atomic E-state index is 11.1. The van der Waals surface area contributed by atoms with Crippen molar-refractivity contribution in [2.75, 3.05) is 6.54 Å². The number of carbonyl (C=O) groups is 2. The molecule has 0 saturated carbocycles. The second kappa shape index (κ2) is 3.41. The number of rotatable bonds is 3. The van der Waals surface area contributed by atoms with E-state index >= 15 is 0 Å². The average Bonchev–Trinajstić information content (AvgIpc) is 2.76. The van der Waals surface area contributed by atoms with E-state index in [9.17, 15) is 9.59 Å². The molecule has 0 unspecified atom stereocenters. The number of hydrogen-bond acceptors (Lipinski definition) is 4. The monoisotopic (exact) mass is 192 g/mol. The van der Waals surface area contributed by atoms with Crippen LogP contribution in [-0.4, -0.2) is 38.0 Å². The molecule has 6 nitrogen and oxygen atoms in total. The summed E-state index contributed by atoms with van der Waals surface area (Å²) in [5.41, 5.74) is 0. The van der Waals surface area contributed by atoms with Crippen LogP contribution in [0.4, 0.5) is 0 Å². The second-order valence-electron chi connectivity index (χ2n) is 2.86. The maximum Gasteiger partial charge on any atom is 0.253 e. The van der Waals surface area contributed by atoms with Crippen LogP contribution in [0.3, 0.4) is 0 Å². The van der Waals surface area contributed by atoms with E-state index in [1.165, 1.54) is 17.1 Å². The van der Waals surface area contributed by atoms with Crippen LogP contribution in [0.5, 0.6) is 0 Å². The molecule has 6 heteroatoms. The summed E-state index contributed by atoms with van der Waals surface area (Å²) in [4.78, 5) is 23.4. The topological polar surface area (TPSA) is 68.1 Å². The lowest BCUT2D eigenvalue weighted by Crippen LogP contribution is -2.32. The highest BCUT2D eigenvalue weighted by molar-refractivity contribution is 6.12. The number of imide groups is 1. The predicted molar refractivity (Wildman–Crippen MR) is 45.9 cm³/mol. The Bertz CT molecular complexity index is 364. The third kappa shape index (κ3) is 1.54. The van der Waals surface area contributed by atoms with Gasteiger partial charge in [-0.3, -0.25) is 14.5 Å². The van der Waals surface area contributed by atoms with Gasteiger partial charge in [0, 0.05) is 25.2 Å². The Hall–Kier alpha value is -1.98. The van der Waals surface area contributed by atoms with E-state index in [2.05, 4.69) is 10.2 Å². The van der Waals surface area contributed by atoms with Crippen LogP contribution in [0, 0.1) is 0 Å². The minimum absolute atomic E-state index is 0.261. The Kier molecular flexibility index (Phi) is 2.10. The van der Waals surface area contributed by atoms with Gasteiger partial charge in [0.1, 0.15) is 12.7 Å². The van der Waals surface area contributed by atoms with Gasteiger partial charge in [-0.2, -0.15) is 0 Å². The zero-order valence-electron chi connectivity index (χ0n) is 7.33. The fraction of sp³-hybridized carbons (Fsp3) is 0.250. The van der Waals surface area contributed by atoms with Crippen molar-refractivity contribution in [3.63, 3.8) is 0 Å². The van der Waals surface area contributed by atoms with Crippen LogP contribution in [0.1, 0.15) is 0 Å². The summed E-state index contributed by atoms with van der Waals surface area (Å²) in [6.45, 7) is 0.870. The van der Waals surface area contributed by atoms with Crippen molar-refractivity contribution in [2.24, 2.45) is 0 Å². The lowest BCUT2D eigenvalue weighted by Gasteiger charge is -2.12. The van der Waals surface area contributed by atoms with Crippen molar-refractivity contribution in [1.82, 2.24) is 19.7 Å². The number of nitrogens with zero attached hydrogens (tertiary/aromatic N) is 4. The van der Waals surface area contributed by atoms with Crippen molar-refractivity contribution < 1.29 is 9.59 Å². The van der Waals surface area contributed by atoms with Crippen molar-refractivity contribution in [3.05, 3.63) is 24.8 Å². The van der Waals surface area contributed by atoms with Gasteiger partial charge in [-0.1, -0.05) is 0 Å². The molecule has 0 aliphatic carbocycles. The quantitative estimate of drug-likeness (QED) is 0.588. The van der Waals surface area contributed by atoms with Crippen molar-refractivity contribution in [2.45, 2.75) is 6.54 Å². The van der Waals surface area contributed by atoms with Gasteiger partial charge in [0.15, 0.2) is 0 Å². The molecule has 14 heavy (non-hydrogen) atoms. The lowest BCUT2D eigenvalue weighted by atomic mass is 10.5. The Balaban J connectivity index is 1.93. The van der Waals surface area contributed by atoms with E-state index in [-0.39, 0.29) is 11.8 Å². The molecule has 1 aliphatic heterocycles. The largest absolute Gasteiger partial charge is 0.318 e. The molecule has 0 atom stereocenters. The Morgan fingerprint density at radius 1 is 1.00 bits per heavy atom. The van der Waals surface area contributed by atoms with Gasteiger partial charge in [0.25, 0.3) is 11.8 Å². The molecule has 0 fully saturated rings. The molecule has 2 rings (SSSR count). The van der Waals surface area contributed by atoms with Crippen LogP contribution < -0.4 is 0 Å². The first-order valence-corrected chi connectivity index (χ1v) is 4.13. The van der Waals surface area contributed by atoms with E-state index in [0.29, 0.717) is 13.1 Å². The Morgan fingerprint density at radius 3 is 2.14 bits per heavy atom. The molecular formula is C8H8N4O2. The number of aromatic nitrogens is 3. The molecule has 1 aromatic heterocycles. The Labute approximate surface area is 79.8 Å². The standard InChI is InChI=1S/C8H8N4O2/c13-7-1-2-8(14)12(7)4-3-11-5-9-10-6-11/h1-2,5-6H,3-4H2. The zero-order chi connectivity index (χ0) is 9.97. The van der Waals surface area contributed by atoms with Gasteiger partial charge < -0.3 is 4.57 Å². The van der Waals surface area contributed by atoms with E-state index in [4.69, 9.17) is 0 Å². The fourth-order valence-corrected chi connectivity index (χ4v) is 1.20. The summed E-state index contributed by atoms with van der Waals surface area (Å²) in [7, 11) is 0. The lowest BCUT2D eigenvalue weighted by molar-refractivity contribution is -0.136. The Morgan fingerprint density at radius 2 is 1.57 bits per heavy atom. The van der Waals surface area contributed by atoms with Crippen molar-refractivity contribution in [1.29, 1.82) is 0 Å². The third-order valence-electron chi connectivity index (χ3n) is 1.95. The van der Waals surface area contributed by atoms with Crippen LogP contribution in [-0.2, 0) is 16.1 Å². The molecule has 72 valence electrons. The molecule has 2 amide bonds. The number of amides is 2. The predicted octanol–water partition coefficient (Wildman–Crippen LogP) is -0.797. The summed E-state index contributed by atoms with van der Waals surface area (Å²) in [6, 6.07) is 0. The highest BCUT2D eigenvalue weighted by atomic mass is 16.2. The molecule has 0 aromatic carbocycles. The van der Waals surface area contributed by atoms with E-state index in [1.54, 1.807) is 17.2 Å². The third-order valence-corrected chi connectivity index (χ3v) is 1.95. The normalized spacial score (nSPS) is 15.6. The van der Waals surface area contributed by atoms with Crippen LogP contribution in [0.15, 0.2) is 24.8 Å². The van der Waals surface area contributed by atoms with Gasteiger partial charge in [-0.25, -0.2) is 0 Å². The van der Waals surface area contributed by atoms with E-state index in [0.717, 1.165) is 0 Å². The second-order valence-corrected chi connectivity index (χ2v) is 2.86. The SMILES string of the molecule is O=C1C=CC(=O)N1CCn1cnnc1. The molecular weight excluding hydrogens is 184 g/mol. The minimum atomic E-state index is -0.261. The van der Waals surface area contributed by atoms with Gasteiger partial charge in [0.05, 0.1) is 0 Å². The first-order chi connectivity index (χ1) is 6.77. The van der Waals surface area contributed by atoms with E-state index in [1.807, 2.05) is 0 Å². The molecule has 0 spiro atoms. The van der Waals surface area contributed by atoms with Crippen molar-refractivity contribution >= 4 is 11.8 Å². The van der Waals surface area contributed by atoms with Gasteiger partial charge in [-0.15, -0.1) is 10.2 Å². The summed E-state index contributed by atoms with van der Waals surface area (Å²) in [5, 5.41) is 7.23. The van der Waals surface area contributed by atoms with Crippen LogP contribution >= 0.6 is 0 Å². The van der Waals surface area contributed by atoms with Crippen LogP contribution in [0.2, 0.25) is 0 Å².